The third-order valence-electron chi connectivity index (χ3n) is 5.33. The fourth-order valence-electron chi connectivity index (χ4n) is 3.95. The van der Waals surface area contributed by atoms with Gasteiger partial charge in [-0.15, -0.1) is 0 Å². The lowest BCUT2D eigenvalue weighted by Crippen LogP contribution is -1.99. The largest absolute Gasteiger partial charge is 0.354 e. The van der Waals surface area contributed by atoms with Crippen LogP contribution >= 0.6 is 0 Å². The maximum Gasteiger partial charge on any atom is 0.137 e. The summed E-state index contributed by atoms with van der Waals surface area (Å²) in [4.78, 5) is 7.65. The molecule has 2 aromatic heterocycles. The van der Waals surface area contributed by atoms with E-state index < -0.39 is 0 Å². The lowest BCUT2D eigenvalue weighted by Gasteiger charge is -2.09. The lowest BCUT2D eigenvalue weighted by atomic mass is 9.96. The first-order chi connectivity index (χ1) is 13.9. The van der Waals surface area contributed by atoms with Gasteiger partial charge in [-0.1, -0.05) is 48.5 Å². The molecular formula is C24H22N4. The van der Waals surface area contributed by atoms with Crippen molar-refractivity contribution in [2.24, 2.45) is 0 Å². The van der Waals surface area contributed by atoms with E-state index in [1.165, 1.54) is 38.5 Å². The molecule has 0 saturated carbocycles. The molecule has 28 heavy (non-hydrogen) atoms. The molecular weight excluding hydrogens is 344 g/mol. The summed E-state index contributed by atoms with van der Waals surface area (Å²) in [6.07, 6.45) is 6.66. The van der Waals surface area contributed by atoms with Gasteiger partial charge in [0.25, 0.3) is 0 Å². The second-order valence-electron chi connectivity index (χ2n) is 7.22. The monoisotopic (exact) mass is 366 g/mol. The summed E-state index contributed by atoms with van der Waals surface area (Å²) < 4.78 is 1.90. The minimum absolute atomic E-state index is 0.918. The van der Waals surface area contributed by atoms with Crippen molar-refractivity contribution in [3.8, 4) is 11.1 Å². The van der Waals surface area contributed by atoms with Gasteiger partial charge in [-0.3, -0.25) is 4.68 Å². The van der Waals surface area contributed by atoms with Crippen LogP contribution in [-0.2, 0) is 13.0 Å². The van der Waals surface area contributed by atoms with Crippen LogP contribution in [-0.4, -0.2) is 19.7 Å². The van der Waals surface area contributed by atoms with Crippen LogP contribution in [0.2, 0.25) is 0 Å². The summed E-state index contributed by atoms with van der Waals surface area (Å²) in [6.45, 7) is 0.918. The molecule has 0 aliphatic rings. The van der Waals surface area contributed by atoms with E-state index in [4.69, 9.17) is 0 Å². The summed E-state index contributed by atoms with van der Waals surface area (Å²) in [6, 6.07) is 23.9. The summed E-state index contributed by atoms with van der Waals surface area (Å²) in [7, 11) is 0. The van der Waals surface area contributed by atoms with Gasteiger partial charge in [0, 0.05) is 28.4 Å². The SMILES string of the molecule is c1ccc(-c2cc(CCCCn3cncn3)cc3c2[nH]c2ccccc23)cc1. The van der Waals surface area contributed by atoms with E-state index in [0.29, 0.717) is 0 Å². The molecule has 0 amide bonds. The normalized spacial score (nSPS) is 11.4. The maximum atomic E-state index is 4.18. The van der Waals surface area contributed by atoms with Crippen molar-refractivity contribution in [1.29, 1.82) is 0 Å². The molecule has 0 atom stereocenters. The van der Waals surface area contributed by atoms with Gasteiger partial charge in [-0.25, -0.2) is 4.98 Å². The molecule has 4 nitrogen and oxygen atoms in total. The van der Waals surface area contributed by atoms with E-state index in [2.05, 4.69) is 81.8 Å². The summed E-state index contributed by atoms with van der Waals surface area (Å²) in [5, 5.41) is 6.78. The van der Waals surface area contributed by atoms with Crippen molar-refractivity contribution in [3.63, 3.8) is 0 Å². The molecule has 0 fully saturated rings. The van der Waals surface area contributed by atoms with Crippen LogP contribution in [0, 0.1) is 0 Å². The van der Waals surface area contributed by atoms with E-state index in [-0.39, 0.29) is 0 Å². The number of para-hydroxylation sites is 1. The molecule has 5 rings (SSSR count). The number of nitrogens with one attached hydrogen (secondary N) is 1. The number of hydrogen-bond acceptors (Lipinski definition) is 2. The van der Waals surface area contributed by atoms with Crippen LogP contribution in [0.4, 0.5) is 0 Å². The molecule has 4 heteroatoms. The highest BCUT2D eigenvalue weighted by atomic mass is 15.3. The van der Waals surface area contributed by atoms with E-state index in [1.807, 2.05) is 4.68 Å². The Morgan fingerprint density at radius 1 is 0.857 bits per heavy atom. The van der Waals surface area contributed by atoms with Gasteiger partial charge in [0.2, 0.25) is 0 Å². The molecule has 0 unspecified atom stereocenters. The minimum Gasteiger partial charge on any atom is -0.354 e. The van der Waals surface area contributed by atoms with Crippen molar-refractivity contribution in [1.82, 2.24) is 19.7 Å². The number of fused-ring (bicyclic) bond motifs is 3. The fraction of sp³-hybridized carbons (Fsp3) is 0.167. The van der Waals surface area contributed by atoms with Gasteiger partial charge in [-0.05, 0) is 48.6 Å². The van der Waals surface area contributed by atoms with Crippen molar-refractivity contribution in [2.45, 2.75) is 25.8 Å². The molecule has 0 saturated heterocycles. The highest BCUT2D eigenvalue weighted by Crippen LogP contribution is 2.34. The Bertz CT molecular complexity index is 1200. The number of aromatic amines is 1. The Morgan fingerprint density at radius 3 is 2.57 bits per heavy atom. The second kappa shape index (κ2) is 7.31. The Morgan fingerprint density at radius 2 is 1.71 bits per heavy atom. The van der Waals surface area contributed by atoms with Crippen LogP contribution in [0.1, 0.15) is 18.4 Å². The van der Waals surface area contributed by atoms with Gasteiger partial charge >= 0.3 is 0 Å². The molecule has 0 aliphatic carbocycles. The molecule has 3 aromatic carbocycles. The van der Waals surface area contributed by atoms with E-state index in [1.54, 1.807) is 12.7 Å². The van der Waals surface area contributed by atoms with Gasteiger partial charge < -0.3 is 4.98 Å². The van der Waals surface area contributed by atoms with Crippen LogP contribution in [0.25, 0.3) is 32.9 Å². The van der Waals surface area contributed by atoms with Crippen LogP contribution in [0.15, 0.2) is 79.4 Å². The van der Waals surface area contributed by atoms with Gasteiger partial charge in [0.15, 0.2) is 0 Å². The third kappa shape index (κ3) is 3.18. The molecule has 5 aromatic rings. The van der Waals surface area contributed by atoms with Gasteiger partial charge in [0.05, 0.1) is 5.52 Å². The van der Waals surface area contributed by atoms with E-state index in [9.17, 15) is 0 Å². The Balaban J connectivity index is 1.51. The minimum atomic E-state index is 0.918. The number of rotatable bonds is 6. The quantitative estimate of drug-likeness (QED) is 0.397. The van der Waals surface area contributed by atoms with E-state index in [0.717, 1.165) is 25.8 Å². The number of aromatic nitrogens is 4. The summed E-state index contributed by atoms with van der Waals surface area (Å²) in [5.74, 6) is 0. The average molecular weight is 366 g/mol. The first-order valence-electron chi connectivity index (χ1n) is 9.80. The first-order valence-corrected chi connectivity index (χ1v) is 9.80. The molecule has 1 N–H and O–H groups in total. The van der Waals surface area contributed by atoms with Crippen molar-refractivity contribution in [2.75, 3.05) is 0 Å². The predicted molar refractivity (Wildman–Crippen MR) is 114 cm³/mol. The second-order valence-corrected chi connectivity index (χ2v) is 7.22. The smallest absolute Gasteiger partial charge is 0.137 e. The van der Waals surface area contributed by atoms with Crippen LogP contribution < -0.4 is 0 Å². The predicted octanol–water partition coefficient (Wildman–Crippen LogP) is 5.60. The number of aryl methyl sites for hydroxylation is 2. The van der Waals surface area contributed by atoms with Gasteiger partial charge in [0.1, 0.15) is 12.7 Å². The highest BCUT2D eigenvalue weighted by Gasteiger charge is 2.11. The maximum absolute atomic E-state index is 4.18. The zero-order valence-electron chi connectivity index (χ0n) is 15.7. The average Bonchev–Trinajstić information content (AvgIpc) is 3.39. The number of unbranched alkanes of at least 4 members (excludes halogenated alkanes) is 1. The molecule has 0 aliphatic heterocycles. The lowest BCUT2D eigenvalue weighted by molar-refractivity contribution is 0.556. The molecule has 0 radical (unpaired) electrons. The molecule has 0 spiro atoms. The summed E-state index contributed by atoms with van der Waals surface area (Å²) >= 11 is 0. The molecule has 2 heterocycles. The molecule has 0 bridgehead atoms. The number of hydrogen-bond donors (Lipinski definition) is 1. The summed E-state index contributed by atoms with van der Waals surface area (Å²) in [5.41, 5.74) is 6.33. The Labute approximate surface area is 163 Å². The first kappa shape index (κ1) is 16.8. The standard InChI is InChI=1S/C24H22N4/c1-2-9-19(10-3-1)21-14-18(8-6-7-13-28-17-25-16-26-28)15-22-20-11-4-5-12-23(20)27-24(21)22/h1-5,9-12,14-17,27H,6-8,13H2. The number of nitrogens with zero attached hydrogens (tertiary/aromatic N) is 3. The fourth-order valence-corrected chi connectivity index (χ4v) is 3.95. The van der Waals surface area contributed by atoms with Crippen LogP contribution in [0.3, 0.4) is 0 Å². The van der Waals surface area contributed by atoms with Crippen molar-refractivity contribution >= 4 is 21.8 Å². The van der Waals surface area contributed by atoms with Gasteiger partial charge in [-0.2, -0.15) is 5.10 Å². The zero-order valence-corrected chi connectivity index (χ0v) is 15.7. The molecule has 138 valence electrons. The van der Waals surface area contributed by atoms with Crippen LogP contribution in [0.5, 0.6) is 0 Å². The number of benzene rings is 3. The van der Waals surface area contributed by atoms with Crippen molar-refractivity contribution < 1.29 is 0 Å². The van der Waals surface area contributed by atoms with E-state index >= 15 is 0 Å². The third-order valence-corrected chi connectivity index (χ3v) is 5.33. The Hall–Kier alpha value is -3.40. The Kier molecular flexibility index (Phi) is 4.37. The highest BCUT2D eigenvalue weighted by molar-refractivity contribution is 6.12. The van der Waals surface area contributed by atoms with Crippen molar-refractivity contribution in [3.05, 3.63) is 84.9 Å². The topological polar surface area (TPSA) is 46.5 Å². The zero-order chi connectivity index (χ0) is 18.8. The number of H-pyrrole nitrogens is 1.